The Bertz CT molecular complexity index is 808. The molecular weight excluding hydrogens is 288 g/mol. The molecule has 3 heterocycles. The molecule has 0 amide bonds. The number of sulfone groups is 1. The van der Waals surface area contributed by atoms with Gasteiger partial charge in [-0.15, -0.1) is 0 Å². The summed E-state index contributed by atoms with van der Waals surface area (Å²) in [6.45, 7) is 5.96. The third-order valence-electron chi connectivity index (χ3n) is 3.28. The quantitative estimate of drug-likeness (QED) is 0.748. The van der Waals surface area contributed by atoms with Crippen LogP contribution in [0, 0.1) is 0 Å². The maximum absolute atomic E-state index is 12.6. The molecule has 0 bridgehead atoms. The van der Waals surface area contributed by atoms with E-state index in [1.807, 2.05) is 20.8 Å². The van der Waals surface area contributed by atoms with Crippen LogP contribution in [0.1, 0.15) is 32.2 Å². The fraction of sp³-hybridized carbons (Fsp3) is 0.333. The number of ether oxygens (including phenoxy) is 1. The molecule has 5 nitrogen and oxygen atoms in total. The maximum atomic E-state index is 12.6. The van der Waals surface area contributed by atoms with Crippen LogP contribution in [0.15, 0.2) is 35.5 Å². The SMILES string of the molecule is CC(C)(C)c1ccc2c(n1)S(=O)(=O)Cc1ncccc1O2. The minimum atomic E-state index is -3.57. The van der Waals surface area contributed by atoms with Crippen LogP contribution in [0.25, 0.3) is 0 Å². The standard InChI is InChI=1S/C15H16N2O3S/c1-15(2,3)13-7-6-12-14(17-13)21(18,19)9-10-11(20-12)5-4-8-16-10/h4-8H,9H2,1-3H3. The Morgan fingerprint density at radius 3 is 2.62 bits per heavy atom. The molecule has 1 aliphatic heterocycles. The second kappa shape index (κ2) is 4.53. The monoisotopic (exact) mass is 304 g/mol. The molecule has 0 saturated carbocycles. The van der Waals surface area contributed by atoms with Crippen molar-refractivity contribution in [2.45, 2.75) is 37.0 Å². The van der Waals surface area contributed by atoms with Crippen molar-refractivity contribution in [3.63, 3.8) is 0 Å². The van der Waals surface area contributed by atoms with Gasteiger partial charge in [0.2, 0.25) is 9.84 Å². The van der Waals surface area contributed by atoms with Gasteiger partial charge in [-0.25, -0.2) is 13.4 Å². The first-order chi connectivity index (χ1) is 9.77. The summed E-state index contributed by atoms with van der Waals surface area (Å²) in [5.41, 5.74) is 0.891. The minimum Gasteiger partial charge on any atom is -0.452 e. The topological polar surface area (TPSA) is 69.2 Å². The van der Waals surface area contributed by atoms with E-state index in [4.69, 9.17) is 4.74 Å². The molecule has 0 saturated heterocycles. The van der Waals surface area contributed by atoms with E-state index < -0.39 is 9.84 Å². The van der Waals surface area contributed by atoms with E-state index >= 15 is 0 Å². The van der Waals surface area contributed by atoms with E-state index in [1.54, 1.807) is 30.5 Å². The Hall–Kier alpha value is -1.95. The van der Waals surface area contributed by atoms with Crippen molar-refractivity contribution in [2.75, 3.05) is 0 Å². The van der Waals surface area contributed by atoms with Crippen molar-refractivity contribution in [1.82, 2.24) is 9.97 Å². The Morgan fingerprint density at radius 2 is 1.90 bits per heavy atom. The van der Waals surface area contributed by atoms with Gasteiger partial charge in [-0.1, -0.05) is 20.8 Å². The molecule has 0 spiro atoms. The van der Waals surface area contributed by atoms with Gasteiger partial charge < -0.3 is 4.74 Å². The number of aromatic nitrogens is 2. The zero-order valence-corrected chi connectivity index (χ0v) is 12.9. The summed E-state index contributed by atoms with van der Waals surface area (Å²) in [5.74, 6) is 0.524. The number of nitrogens with zero attached hydrogens (tertiary/aromatic N) is 2. The Labute approximate surface area is 123 Å². The van der Waals surface area contributed by atoms with Gasteiger partial charge in [0.05, 0.1) is 5.69 Å². The third-order valence-corrected chi connectivity index (χ3v) is 4.82. The van der Waals surface area contributed by atoms with Crippen molar-refractivity contribution < 1.29 is 13.2 Å². The molecule has 0 aliphatic carbocycles. The molecule has 3 rings (SSSR count). The molecule has 0 aromatic carbocycles. The van der Waals surface area contributed by atoms with Crippen LogP contribution in [0.4, 0.5) is 0 Å². The Morgan fingerprint density at radius 1 is 1.14 bits per heavy atom. The first-order valence-electron chi connectivity index (χ1n) is 6.63. The number of fused-ring (bicyclic) bond motifs is 2. The average Bonchev–Trinajstić information content (AvgIpc) is 2.50. The number of pyridine rings is 2. The van der Waals surface area contributed by atoms with Crippen molar-refractivity contribution >= 4 is 9.84 Å². The van der Waals surface area contributed by atoms with Gasteiger partial charge in [0, 0.05) is 17.3 Å². The van der Waals surface area contributed by atoms with Crippen LogP contribution in [-0.4, -0.2) is 18.4 Å². The summed E-state index contributed by atoms with van der Waals surface area (Å²) < 4.78 is 30.8. The van der Waals surface area contributed by atoms with Gasteiger partial charge in [0.1, 0.15) is 11.5 Å². The summed E-state index contributed by atoms with van der Waals surface area (Å²) in [5, 5.41) is -0.00655. The van der Waals surface area contributed by atoms with Gasteiger partial charge in [-0.2, -0.15) is 0 Å². The van der Waals surface area contributed by atoms with Crippen molar-refractivity contribution in [3.8, 4) is 11.5 Å². The van der Waals surface area contributed by atoms with Gasteiger partial charge in [0.25, 0.3) is 0 Å². The smallest absolute Gasteiger partial charge is 0.205 e. The fourth-order valence-corrected chi connectivity index (χ4v) is 3.50. The zero-order valence-electron chi connectivity index (χ0n) is 12.1. The predicted octanol–water partition coefficient (Wildman–Crippen LogP) is 2.85. The summed E-state index contributed by atoms with van der Waals surface area (Å²) >= 11 is 0. The molecule has 0 radical (unpaired) electrons. The molecule has 2 aromatic heterocycles. The van der Waals surface area contributed by atoms with Crippen LogP contribution in [0.5, 0.6) is 11.5 Å². The fourth-order valence-electron chi connectivity index (χ4n) is 2.14. The summed E-state index contributed by atoms with van der Waals surface area (Å²) in [6.07, 6.45) is 1.56. The van der Waals surface area contributed by atoms with E-state index in [1.165, 1.54) is 0 Å². The van der Waals surface area contributed by atoms with Gasteiger partial charge >= 0.3 is 0 Å². The van der Waals surface area contributed by atoms with E-state index in [-0.39, 0.29) is 21.9 Å². The molecule has 2 aromatic rings. The van der Waals surface area contributed by atoms with Crippen LogP contribution in [-0.2, 0) is 21.0 Å². The van der Waals surface area contributed by atoms with Crippen LogP contribution >= 0.6 is 0 Å². The number of rotatable bonds is 0. The van der Waals surface area contributed by atoms with Crippen molar-refractivity contribution in [1.29, 1.82) is 0 Å². The zero-order chi connectivity index (χ0) is 15.3. The van der Waals surface area contributed by atoms with Gasteiger partial charge in [0.15, 0.2) is 10.8 Å². The van der Waals surface area contributed by atoms with E-state index in [0.717, 1.165) is 0 Å². The molecule has 0 unspecified atom stereocenters. The maximum Gasteiger partial charge on any atom is 0.205 e. The summed E-state index contributed by atoms with van der Waals surface area (Å²) in [4.78, 5) is 8.44. The highest BCUT2D eigenvalue weighted by Gasteiger charge is 2.30. The highest BCUT2D eigenvalue weighted by Crippen LogP contribution is 2.36. The first kappa shape index (κ1) is 14.0. The lowest BCUT2D eigenvalue weighted by Crippen LogP contribution is -2.16. The molecule has 1 aliphatic rings. The highest BCUT2D eigenvalue weighted by atomic mass is 32.2. The molecule has 21 heavy (non-hydrogen) atoms. The molecule has 110 valence electrons. The third kappa shape index (κ3) is 2.51. The number of hydrogen-bond donors (Lipinski definition) is 0. The normalized spacial score (nSPS) is 16.3. The minimum absolute atomic E-state index is 0.00655. The molecule has 0 atom stereocenters. The molecular formula is C15H16N2O3S. The van der Waals surface area contributed by atoms with Crippen molar-refractivity contribution in [3.05, 3.63) is 41.9 Å². The van der Waals surface area contributed by atoms with E-state index in [0.29, 0.717) is 17.1 Å². The Balaban J connectivity index is 2.21. The lowest BCUT2D eigenvalue weighted by molar-refractivity contribution is 0.455. The second-order valence-electron chi connectivity index (χ2n) is 6.06. The van der Waals surface area contributed by atoms with Crippen LogP contribution < -0.4 is 4.74 Å². The van der Waals surface area contributed by atoms with Crippen LogP contribution in [0.2, 0.25) is 0 Å². The lowest BCUT2D eigenvalue weighted by atomic mass is 9.92. The lowest BCUT2D eigenvalue weighted by Gasteiger charge is -2.19. The first-order valence-corrected chi connectivity index (χ1v) is 8.29. The molecule has 0 fully saturated rings. The molecule has 6 heteroatoms. The van der Waals surface area contributed by atoms with E-state index in [2.05, 4.69) is 9.97 Å². The van der Waals surface area contributed by atoms with Crippen LogP contribution in [0.3, 0.4) is 0 Å². The Kier molecular flexibility index (Phi) is 3.02. The summed E-state index contributed by atoms with van der Waals surface area (Å²) in [6, 6.07) is 6.90. The van der Waals surface area contributed by atoms with Crippen molar-refractivity contribution in [2.24, 2.45) is 0 Å². The molecule has 0 N–H and O–H groups in total. The highest BCUT2D eigenvalue weighted by molar-refractivity contribution is 7.90. The largest absolute Gasteiger partial charge is 0.452 e. The van der Waals surface area contributed by atoms with Gasteiger partial charge in [-0.05, 0) is 24.3 Å². The summed E-state index contributed by atoms with van der Waals surface area (Å²) in [7, 11) is -3.57. The van der Waals surface area contributed by atoms with E-state index in [9.17, 15) is 8.42 Å². The number of hydrogen-bond acceptors (Lipinski definition) is 5. The van der Waals surface area contributed by atoms with Gasteiger partial charge in [-0.3, -0.25) is 4.98 Å². The predicted molar refractivity (Wildman–Crippen MR) is 78.1 cm³/mol. The average molecular weight is 304 g/mol. The second-order valence-corrected chi connectivity index (χ2v) is 7.96.